The van der Waals surface area contributed by atoms with Gasteiger partial charge in [-0.25, -0.2) is 0 Å². The van der Waals surface area contributed by atoms with Gasteiger partial charge in [0.05, 0.1) is 5.92 Å². The molecule has 1 rings (SSSR count). The fourth-order valence-electron chi connectivity index (χ4n) is 1.47. The number of hydrogen-bond acceptors (Lipinski definition) is 8. The molecule has 104 valence electrons. The fourth-order valence-corrected chi connectivity index (χ4v) is 5.60. The highest BCUT2D eigenvalue weighted by Crippen LogP contribution is 2.52. The summed E-state index contributed by atoms with van der Waals surface area (Å²) in [5.74, 6) is -1.37. The van der Waals surface area contributed by atoms with Crippen LogP contribution in [0.25, 0.3) is 0 Å². The third kappa shape index (κ3) is 5.85. The van der Waals surface area contributed by atoms with E-state index >= 15 is 0 Å². The average molecular weight is 312 g/mol. The first-order valence-electron chi connectivity index (χ1n) is 5.54. The van der Waals surface area contributed by atoms with Crippen LogP contribution in [-0.4, -0.2) is 27.4 Å². The standard InChI is InChI=1S/C10H16O5S3/c1-2-3-4-5-7(8-6-16-18-17-8)9(11)15-10(12,13)14/h6-7,12-14H,2-5H2,1H3. The number of unbranched alkanes of at least 4 members (excludes halogenated alkanes) is 2. The van der Waals surface area contributed by atoms with Crippen LogP contribution in [0.2, 0.25) is 0 Å². The van der Waals surface area contributed by atoms with Crippen LogP contribution >= 0.6 is 31.4 Å². The van der Waals surface area contributed by atoms with Gasteiger partial charge in [0.2, 0.25) is 0 Å². The van der Waals surface area contributed by atoms with Crippen molar-refractivity contribution in [3.05, 3.63) is 10.3 Å². The molecule has 0 aromatic rings. The van der Waals surface area contributed by atoms with Crippen LogP contribution < -0.4 is 0 Å². The molecule has 0 amide bonds. The zero-order chi connectivity index (χ0) is 13.6. The van der Waals surface area contributed by atoms with Crippen LogP contribution in [0.3, 0.4) is 0 Å². The second kappa shape index (κ2) is 7.66. The van der Waals surface area contributed by atoms with Gasteiger partial charge in [0, 0.05) is 4.91 Å². The molecule has 0 aliphatic carbocycles. The van der Waals surface area contributed by atoms with Gasteiger partial charge in [-0.05, 0) is 32.4 Å². The first-order valence-corrected chi connectivity index (χ1v) is 9.08. The number of carbonyl (C=O) groups is 1. The molecule has 5 nitrogen and oxygen atoms in total. The van der Waals surface area contributed by atoms with Crippen molar-refractivity contribution in [3.63, 3.8) is 0 Å². The molecule has 3 N–H and O–H groups in total. The number of aliphatic hydroxyl groups is 3. The van der Waals surface area contributed by atoms with Gasteiger partial charge in [-0.3, -0.25) is 4.79 Å². The minimum absolute atomic E-state index is 0.546. The average Bonchev–Trinajstić information content (AvgIpc) is 2.74. The molecule has 8 heteroatoms. The van der Waals surface area contributed by atoms with Crippen molar-refractivity contribution >= 4 is 37.4 Å². The summed E-state index contributed by atoms with van der Waals surface area (Å²) in [5.41, 5.74) is 0. The molecule has 1 aliphatic heterocycles. The Morgan fingerprint density at radius 1 is 1.44 bits per heavy atom. The smallest absolute Gasteiger partial charge is 0.384 e. The van der Waals surface area contributed by atoms with Gasteiger partial charge in [0.15, 0.2) is 0 Å². The van der Waals surface area contributed by atoms with E-state index in [1.165, 1.54) is 31.4 Å². The van der Waals surface area contributed by atoms with E-state index in [-0.39, 0.29) is 0 Å². The summed E-state index contributed by atoms with van der Waals surface area (Å²) in [6.45, 7) is 2.06. The molecule has 0 spiro atoms. The Kier molecular flexibility index (Phi) is 6.89. The van der Waals surface area contributed by atoms with E-state index < -0.39 is 18.0 Å². The molecular formula is C10H16O5S3. The third-order valence-electron chi connectivity index (χ3n) is 2.30. The summed E-state index contributed by atoms with van der Waals surface area (Å²) in [6, 6.07) is 0. The van der Waals surface area contributed by atoms with Crippen LogP contribution in [0.5, 0.6) is 0 Å². The highest BCUT2D eigenvalue weighted by molar-refractivity contribution is 9.11. The van der Waals surface area contributed by atoms with E-state index in [4.69, 9.17) is 15.3 Å². The molecule has 1 heterocycles. The molecule has 1 unspecified atom stereocenters. The number of carbonyl (C=O) groups excluding carboxylic acids is 1. The SMILES string of the molecule is CCCCCC(C(=O)OC(O)(O)O)C1=CSSS1. The zero-order valence-corrected chi connectivity index (χ0v) is 12.3. The molecule has 0 saturated carbocycles. The minimum Gasteiger partial charge on any atom is -0.384 e. The molecule has 0 fully saturated rings. The summed E-state index contributed by atoms with van der Waals surface area (Å²) in [4.78, 5) is 12.6. The Hall–Kier alpha value is 0.140. The molecule has 0 aromatic carbocycles. The number of ether oxygens (including phenoxy) is 1. The lowest BCUT2D eigenvalue weighted by molar-refractivity contribution is -0.436. The summed E-state index contributed by atoms with van der Waals surface area (Å²) in [7, 11) is 4.50. The van der Waals surface area contributed by atoms with Crippen LogP contribution in [0.15, 0.2) is 10.3 Å². The highest BCUT2D eigenvalue weighted by atomic mass is 33.5. The Bertz CT molecular complexity index is 313. The maximum Gasteiger partial charge on any atom is 0.455 e. The maximum atomic E-state index is 11.8. The van der Waals surface area contributed by atoms with Crippen LogP contribution in [0.1, 0.15) is 32.6 Å². The van der Waals surface area contributed by atoms with Crippen LogP contribution in [0.4, 0.5) is 0 Å². The number of esters is 1. The Balaban J connectivity index is 2.61. The minimum atomic E-state index is -3.40. The largest absolute Gasteiger partial charge is 0.455 e. The molecule has 1 aliphatic rings. The lowest BCUT2D eigenvalue weighted by atomic mass is 10.0. The van der Waals surface area contributed by atoms with Crippen molar-refractivity contribution < 1.29 is 24.9 Å². The van der Waals surface area contributed by atoms with Crippen molar-refractivity contribution in [1.82, 2.24) is 0 Å². The van der Waals surface area contributed by atoms with Gasteiger partial charge in [-0.15, -0.1) is 0 Å². The Labute approximate surface area is 117 Å². The van der Waals surface area contributed by atoms with Gasteiger partial charge in [0.1, 0.15) is 0 Å². The lowest BCUT2D eigenvalue weighted by Crippen LogP contribution is -2.36. The van der Waals surface area contributed by atoms with Gasteiger partial charge >= 0.3 is 12.1 Å². The quantitative estimate of drug-likeness (QED) is 0.285. The third-order valence-corrected chi connectivity index (χ3v) is 6.16. The normalized spacial score (nSPS) is 17.4. The molecule has 0 radical (unpaired) electrons. The van der Waals surface area contributed by atoms with Crippen LogP contribution in [-0.2, 0) is 9.53 Å². The molecule has 18 heavy (non-hydrogen) atoms. The van der Waals surface area contributed by atoms with E-state index in [0.717, 1.165) is 24.2 Å². The van der Waals surface area contributed by atoms with E-state index in [1.54, 1.807) is 0 Å². The van der Waals surface area contributed by atoms with Crippen LogP contribution in [0, 0.1) is 5.92 Å². The Morgan fingerprint density at radius 3 is 2.67 bits per heavy atom. The first kappa shape index (κ1) is 16.2. The van der Waals surface area contributed by atoms with Gasteiger partial charge < -0.3 is 20.1 Å². The van der Waals surface area contributed by atoms with E-state index in [1.807, 2.05) is 5.41 Å². The molecular weight excluding hydrogens is 296 g/mol. The highest BCUT2D eigenvalue weighted by Gasteiger charge is 2.33. The molecule has 1 atom stereocenters. The lowest BCUT2D eigenvalue weighted by Gasteiger charge is -2.20. The predicted molar refractivity (Wildman–Crippen MR) is 74.0 cm³/mol. The summed E-state index contributed by atoms with van der Waals surface area (Å²) in [6.07, 6.45) is 0.0393. The number of hydrogen-bond donors (Lipinski definition) is 3. The van der Waals surface area contributed by atoms with E-state index in [9.17, 15) is 4.79 Å². The molecule has 0 aromatic heterocycles. The first-order chi connectivity index (χ1) is 8.44. The Morgan fingerprint density at radius 2 is 2.17 bits per heavy atom. The molecule has 0 bridgehead atoms. The second-order valence-corrected chi connectivity index (χ2v) is 7.72. The second-order valence-electron chi connectivity index (χ2n) is 3.81. The number of rotatable bonds is 7. The van der Waals surface area contributed by atoms with Gasteiger partial charge in [-0.1, -0.05) is 37.0 Å². The predicted octanol–water partition coefficient (Wildman–Crippen LogP) is 2.20. The van der Waals surface area contributed by atoms with Crippen molar-refractivity contribution in [1.29, 1.82) is 0 Å². The topological polar surface area (TPSA) is 87.0 Å². The molecule has 0 saturated heterocycles. The maximum absolute atomic E-state index is 11.8. The monoisotopic (exact) mass is 312 g/mol. The van der Waals surface area contributed by atoms with Gasteiger partial charge in [-0.2, -0.15) is 0 Å². The summed E-state index contributed by atoms with van der Waals surface area (Å²) >= 11 is 0. The van der Waals surface area contributed by atoms with Crippen molar-refractivity contribution in [3.8, 4) is 0 Å². The van der Waals surface area contributed by atoms with Crippen molar-refractivity contribution in [2.45, 2.75) is 38.8 Å². The van der Waals surface area contributed by atoms with Gasteiger partial charge in [0.25, 0.3) is 0 Å². The van der Waals surface area contributed by atoms with E-state index in [2.05, 4.69) is 11.7 Å². The van der Waals surface area contributed by atoms with Crippen molar-refractivity contribution in [2.24, 2.45) is 5.92 Å². The summed E-state index contributed by atoms with van der Waals surface area (Å²) in [5, 5.41) is 27.9. The van der Waals surface area contributed by atoms with Crippen molar-refractivity contribution in [2.75, 3.05) is 0 Å². The summed E-state index contributed by atoms with van der Waals surface area (Å²) < 4.78 is 4.20. The fraction of sp³-hybridized carbons (Fsp3) is 0.700. The van der Waals surface area contributed by atoms with E-state index in [0.29, 0.717) is 6.42 Å². The zero-order valence-electron chi connectivity index (χ0n) is 9.87.